The molecule has 3 unspecified atom stereocenters. The Morgan fingerprint density at radius 2 is 2.05 bits per heavy atom. The van der Waals surface area contributed by atoms with Crippen molar-refractivity contribution in [2.24, 2.45) is 11.8 Å². The number of alkyl halides is 1. The summed E-state index contributed by atoms with van der Waals surface area (Å²) in [4.78, 5) is 0. The van der Waals surface area contributed by atoms with Crippen LogP contribution in [0.15, 0.2) is 18.2 Å². The lowest BCUT2D eigenvalue weighted by atomic mass is 9.76. The van der Waals surface area contributed by atoms with Gasteiger partial charge in [0.1, 0.15) is 0 Å². The number of hydrogen-bond donors (Lipinski definition) is 0. The van der Waals surface area contributed by atoms with Crippen LogP contribution in [0.1, 0.15) is 44.6 Å². The Labute approximate surface area is 119 Å². The van der Waals surface area contributed by atoms with Crippen LogP contribution in [0.25, 0.3) is 0 Å². The van der Waals surface area contributed by atoms with Crippen molar-refractivity contribution in [1.82, 2.24) is 0 Å². The molecule has 2 rings (SSSR count). The molecule has 0 spiro atoms. The molecule has 0 aliphatic heterocycles. The summed E-state index contributed by atoms with van der Waals surface area (Å²) in [7, 11) is 0. The summed E-state index contributed by atoms with van der Waals surface area (Å²) in [6.45, 7) is 2.19. The number of halogens is 3. The maximum Gasteiger partial charge on any atom is 0.162 e. The van der Waals surface area contributed by atoms with Gasteiger partial charge in [-0.25, -0.2) is 8.78 Å². The highest BCUT2D eigenvalue weighted by Gasteiger charge is 2.29. The van der Waals surface area contributed by atoms with Crippen molar-refractivity contribution < 1.29 is 8.78 Å². The zero-order valence-electron chi connectivity index (χ0n) is 11.3. The van der Waals surface area contributed by atoms with Gasteiger partial charge >= 0.3 is 0 Å². The molecule has 0 nitrogen and oxygen atoms in total. The van der Waals surface area contributed by atoms with Crippen LogP contribution in [0.2, 0.25) is 0 Å². The summed E-state index contributed by atoms with van der Waals surface area (Å²) < 4.78 is 26.9. The van der Waals surface area contributed by atoms with Gasteiger partial charge < -0.3 is 0 Å². The molecule has 1 saturated carbocycles. The van der Waals surface area contributed by atoms with E-state index in [4.69, 9.17) is 11.6 Å². The lowest BCUT2D eigenvalue weighted by molar-refractivity contribution is 0.255. The van der Waals surface area contributed by atoms with Gasteiger partial charge in [-0.2, -0.15) is 0 Å². The summed E-state index contributed by atoms with van der Waals surface area (Å²) in [6, 6.07) is 4.41. The van der Waals surface area contributed by atoms with E-state index in [1.165, 1.54) is 19.3 Å². The molecule has 1 aliphatic carbocycles. The molecule has 0 aromatic heterocycles. The molecule has 3 heteroatoms. The van der Waals surface area contributed by atoms with Gasteiger partial charge in [0.2, 0.25) is 0 Å². The van der Waals surface area contributed by atoms with E-state index in [1.54, 1.807) is 12.1 Å². The first kappa shape index (κ1) is 14.8. The van der Waals surface area contributed by atoms with Crippen LogP contribution in [0.5, 0.6) is 0 Å². The van der Waals surface area contributed by atoms with Gasteiger partial charge in [0.25, 0.3) is 0 Å². The molecule has 0 heterocycles. The zero-order valence-corrected chi connectivity index (χ0v) is 12.1. The third kappa shape index (κ3) is 3.68. The molecule has 0 saturated heterocycles. The average molecular weight is 287 g/mol. The summed E-state index contributed by atoms with van der Waals surface area (Å²) in [5, 5.41) is 0.0933. The van der Waals surface area contributed by atoms with Crippen molar-refractivity contribution >= 4 is 11.6 Å². The van der Waals surface area contributed by atoms with Gasteiger partial charge in [0, 0.05) is 5.38 Å². The predicted octanol–water partition coefficient (Wildman–Crippen LogP) is 5.33. The zero-order chi connectivity index (χ0) is 13.8. The van der Waals surface area contributed by atoms with Gasteiger partial charge in [-0.3, -0.25) is 0 Å². The van der Waals surface area contributed by atoms with Crippen molar-refractivity contribution in [2.45, 2.75) is 50.8 Å². The third-order valence-electron chi connectivity index (χ3n) is 4.21. The van der Waals surface area contributed by atoms with Crippen molar-refractivity contribution in [3.05, 3.63) is 35.4 Å². The van der Waals surface area contributed by atoms with Crippen LogP contribution >= 0.6 is 11.6 Å². The van der Waals surface area contributed by atoms with E-state index in [2.05, 4.69) is 6.92 Å². The third-order valence-corrected chi connectivity index (χ3v) is 4.78. The molecule has 106 valence electrons. The van der Waals surface area contributed by atoms with E-state index < -0.39 is 11.6 Å². The van der Waals surface area contributed by atoms with Crippen molar-refractivity contribution in [2.75, 3.05) is 0 Å². The van der Waals surface area contributed by atoms with Crippen molar-refractivity contribution in [3.63, 3.8) is 0 Å². The molecular formula is C16H21ClF2. The fourth-order valence-electron chi connectivity index (χ4n) is 3.19. The predicted molar refractivity (Wildman–Crippen MR) is 75.4 cm³/mol. The number of rotatable bonds is 4. The average Bonchev–Trinajstić information content (AvgIpc) is 2.39. The lowest BCUT2D eigenvalue weighted by Crippen LogP contribution is -2.27. The quantitative estimate of drug-likeness (QED) is 0.656. The number of benzene rings is 1. The Bertz CT molecular complexity index is 419. The van der Waals surface area contributed by atoms with E-state index in [1.807, 2.05) is 0 Å². The Kier molecular flexibility index (Phi) is 5.20. The molecule has 1 aromatic carbocycles. The first-order valence-electron chi connectivity index (χ1n) is 7.18. The molecular weight excluding hydrogens is 266 g/mol. The van der Waals surface area contributed by atoms with Crippen LogP contribution in [0, 0.1) is 23.5 Å². The minimum absolute atomic E-state index is 0.0933. The molecule has 0 N–H and O–H groups in total. The Hall–Kier alpha value is -0.630. The lowest BCUT2D eigenvalue weighted by Gasteiger charge is -2.33. The van der Waals surface area contributed by atoms with E-state index in [9.17, 15) is 8.78 Å². The van der Waals surface area contributed by atoms with Crippen LogP contribution < -0.4 is 0 Å². The summed E-state index contributed by atoms with van der Waals surface area (Å²) in [5.74, 6) is -0.501. The highest BCUT2D eigenvalue weighted by molar-refractivity contribution is 6.20. The first-order chi connectivity index (χ1) is 9.11. The van der Waals surface area contributed by atoms with E-state index in [0.29, 0.717) is 17.9 Å². The Balaban J connectivity index is 2.05. The normalized spacial score (nSPS) is 27.5. The Morgan fingerprint density at radius 3 is 2.79 bits per heavy atom. The second-order valence-electron chi connectivity index (χ2n) is 5.66. The summed E-state index contributed by atoms with van der Waals surface area (Å²) >= 11 is 6.37. The van der Waals surface area contributed by atoms with E-state index in [0.717, 1.165) is 18.9 Å². The van der Waals surface area contributed by atoms with Crippen molar-refractivity contribution in [1.29, 1.82) is 0 Å². The summed E-state index contributed by atoms with van der Waals surface area (Å²) in [5.41, 5.74) is 0.466. The monoisotopic (exact) mass is 286 g/mol. The highest BCUT2D eigenvalue weighted by Crippen LogP contribution is 2.37. The minimum Gasteiger partial charge on any atom is -0.204 e. The maximum absolute atomic E-state index is 13.7. The highest BCUT2D eigenvalue weighted by atomic mass is 35.5. The maximum atomic E-state index is 13.7. The van der Waals surface area contributed by atoms with Crippen LogP contribution in [-0.4, -0.2) is 5.38 Å². The van der Waals surface area contributed by atoms with Gasteiger partial charge in [-0.1, -0.05) is 31.9 Å². The first-order valence-corrected chi connectivity index (χ1v) is 7.62. The second kappa shape index (κ2) is 6.69. The van der Waals surface area contributed by atoms with Gasteiger partial charge in [0.05, 0.1) is 0 Å². The largest absolute Gasteiger partial charge is 0.204 e. The summed E-state index contributed by atoms with van der Waals surface area (Å²) in [6.07, 6.45) is 6.15. The van der Waals surface area contributed by atoms with Crippen LogP contribution in [0.3, 0.4) is 0 Å². The molecule has 1 fully saturated rings. The molecule has 0 bridgehead atoms. The van der Waals surface area contributed by atoms with Crippen molar-refractivity contribution in [3.8, 4) is 0 Å². The topological polar surface area (TPSA) is 0 Å². The number of hydrogen-bond acceptors (Lipinski definition) is 0. The molecule has 0 radical (unpaired) electrons. The van der Waals surface area contributed by atoms with E-state index >= 15 is 0 Å². The molecule has 3 atom stereocenters. The molecule has 1 aromatic rings. The standard InChI is InChI=1S/C16H21ClF2/c1-2-4-11-7-8-14(17)13(9-11)10-12-5-3-6-15(18)16(12)19/h3,5-6,11,13-14H,2,4,7-10H2,1H3. The van der Waals surface area contributed by atoms with E-state index in [-0.39, 0.29) is 11.3 Å². The second-order valence-corrected chi connectivity index (χ2v) is 6.22. The minimum atomic E-state index is -0.760. The molecule has 19 heavy (non-hydrogen) atoms. The SMILES string of the molecule is CCCC1CCC(Cl)C(Cc2cccc(F)c2F)C1. The smallest absolute Gasteiger partial charge is 0.162 e. The van der Waals surface area contributed by atoms with Gasteiger partial charge in [-0.15, -0.1) is 11.6 Å². The van der Waals surface area contributed by atoms with Crippen LogP contribution in [0.4, 0.5) is 8.78 Å². The Morgan fingerprint density at radius 1 is 1.26 bits per heavy atom. The fourth-order valence-corrected chi connectivity index (χ4v) is 3.51. The van der Waals surface area contributed by atoms with Crippen LogP contribution in [-0.2, 0) is 6.42 Å². The molecule has 1 aliphatic rings. The van der Waals surface area contributed by atoms with Gasteiger partial charge in [0.15, 0.2) is 11.6 Å². The fraction of sp³-hybridized carbons (Fsp3) is 0.625. The van der Waals surface area contributed by atoms with Gasteiger partial charge in [-0.05, 0) is 49.1 Å². The molecule has 0 amide bonds.